The van der Waals surface area contributed by atoms with E-state index in [1.807, 2.05) is 47.9 Å². The molecule has 1 aliphatic heterocycles. The number of rotatable bonds is 6. The molecule has 4 rings (SSSR count). The number of aryl methyl sites for hydroxylation is 1. The minimum absolute atomic E-state index is 0.136. The van der Waals surface area contributed by atoms with Gasteiger partial charge >= 0.3 is 0 Å². The summed E-state index contributed by atoms with van der Waals surface area (Å²) in [5.74, 6) is 0.707. The molecule has 1 aliphatic rings. The van der Waals surface area contributed by atoms with Crippen LogP contribution < -0.4 is 10.1 Å². The number of carbonyl (C=O) groups excluding carboxylic acids is 1. The van der Waals surface area contributed by atoms with Crippen molar-refractivity contribution >= 4 is 11.6 Å². The lowest BCUT2D eigenvalue weighted by molar-refractivity contribution is 0.0920. The van der Waals surface area contributed by atoms with Crippen LogP contribution in [0.3, 0.4) is 0 Å². The highest BCUT2D eigenvalue weighted by atomic mass is 16.5. The topological polar surface area (TPSA) is 58.9 Å². The Morgan fingerprint density at radius 1 is 1.14 bits per heavy atom. The molecular weight excluding hydrogens is 364 g/mol. The Bertz CT molecular complexity index is 974. The number of methoxy groups -OCH3 is 1. The summed E-state index contributed by atoms with van der Waals surface area (Å²) < 4.78 is 7.24. The van der Waals surface area contributed by atoms with Crippen LogP contribution in [0.1, 0.15) is 47.1 Å². The van der Waals surface area contributed by atoms with Gasteiger partial charge in [0.2, 0.25) is 0 Å². The second-order valence-electron chi connectivity index (χ2n) is 7.62. The number of imidazole rings is 1. The molecular formula is C23H28N4O2. The van der Waals surface area contributed by atoms with Crippen molar-refractivity contribution in [1.82, 2.24) is 19.6 Å². The predicted octanol–water partition coefficient (Wildman–Crippen LogP) is 3.61. The quantitative estimate of drug-likeness (QED) is 0.696. The van der Waals surface area contributed by atoms with Gasteiger partial charge in [-0.05, 0) is 62.7 Å². The fourth-order valence-corrected chi connectivity index (χ4v) is 4.05. The number of piperidine rings is 1. The summed E-state index contributed by atoms with van der Waals surface area (Å²) in [7, 11) is 1.67. The number of hydrogen-bond acceptors (Lipinski definition) is 4. The molecule has 0 radical (unpaired) electrons. The normalized spacial score (nSPS) is 15.9. The summed E-state index contributed by atoms with van der Waals surface area (Å²) in [6.07, 6.45) is 5.49. The Morgan fingerprint density at radius 3 is 2.59 bits per heavy atom. The second kappa shape index (κ2) is 8.66. The summed E-state index contributed by atoms with van der Waals surface area (Å²) in [5.41, 5.74) is 3.49. The van der Waals surface area contributed by atoms with Gasteiger partial charge in [0.15, 0.2) is 0 Å². The van der Waals surface area contributed by atoms with Crippen molar-refractivity contribution in [3.63, 3.8) is 0 Å². The number of pyridine rings is 1. The molecule has 152 valence electrons. The van der Waals surface area contributed by atoms with Crippen LogP contribution in [0, 0.1) is 6.92 Å². The Kier molecular flexibility index (Phi) is 5.81. The molecule has 1 saturated heterocycles. The molecule has 1 fully saturated rings. The Labute approximate surface area is 171 Å². The summed E-state index contributed by atoms with van der Waals surface area (Å²) in [5, 5.41) is 3.12. The maximum Gasteiger partial charge on any atom is 0.271 e. The van der Waals surface area contributed by atoms with Gasteiger partial charge in [0.05, 0.1) is 13.2 Å². The van der Waals surface area contributed by atoms with Crippen LogP contribution in [-0.4, -0.2) is 46.9 Å². The summed E-state index contributed by atoms with van der Waals surface area (Å²) in [6, 6.07) is 14.2. The molecule has 0 aliphatic carbocycles. The van der Waals surface area contributed by atoms with Crippen LogP contribution >= 0.6 is 0 Å². The van der Waals surface area contributed by atoms with Crippen molar-refractivity contribution in [3.05, 3.63) is 65.6 Å². The van der Waals surface area contributed by atoms with Crippen molar-refractivity contribution < 1.29 is 9.53 Å². The second-order valence-corrected chi connectivity index (χ2v) is 7.62. The lowest BCUT2D eigenvalue weighted by atomic mass is 10.0. The van der Waals surface area contributed by atoms with Gasteiger partial charge in [0, 0.05) is 18.4 Å². The third kappa shape index (κ3) is 4.27. The number of amides is 1. The Balaban J connectivity index is 1.51. The molecule has 6 nitrogen and oxygen atoms in total. The van der Waals surface area contributed by atoms with Gasteiger partial charge < -0.3 is 14.5 Å². The molecule has 0 saturated carbocycles. The average Bonchev–Trinajstić information content (AvgIpc) is 3.21. The highest BCUT2D eigenvalue weighted by Crippen LogP contribution is 2.26. The van der Waals surface area contributed by atoms with Crippen molar-refractivity contribution in [2.24, 2.45) is 0 Å². The first-order valence-corrected chi connectivity index (χ1v) is 10.3. The van der Waals surface area contributed by atoms with E-state index in [2.05, 4.69) is 27.3 Å². The van der Waals surface area contributed by atoms with Gasteiger partial charge in [0.1, 0.15) is 17.1 Å². The highest BCUT2D eigenvalue weighted by Gasteiger charge is 2.23. The van der Waals surface area contributed by atoms with E-state index in [9.17, 15) is 4.79 Å². The lowest BCUT2D eigenvalue weighted by Gasteiger charge is -2.35. The van der Waals surface area contributed by atoms with E-state index in [-0.39, 0.29) is 11.9 Å². The van der Waals surface area contributed by atoms with E-state index in [4.69, 9.17) is 4.74 Å². The minimum Gasteiger partial charge on any atom is -0.497 e. The number of carbonyl (C=O) groups is 1. The fourth-order valence-electron chi connectivity index (χ4n) is 4.05. The molecule has 1 atom stereocenters. The van der Waals surface area contributed by atoms with E-state index in [0.717, 1.165) is 30.2 Å². The van der Waals surface area contributed by atoms with Crippen LogP contribution in [0.25, 0.3) is 5.65 Å². The lowest BCUT2D eigenvalue weighted by Crippen LogP contribution is -2.40. The van der Waals surface area contributed by atoms with Gasteiger partial charge in [-0.1, -0.05) is 24.6 Å². The van der Waals surface area contributed by atoms with E-state index in [1.54, 1.807) is 7.11 Å². The smallest absolute Gasteiger partial charge is 0.271 e. The average molecular weight is 393 g/mol. The fraction of sp³-hybridized carbons (Fsp3) is 0.391. The molecule has 3 aromatic rings. The molecule has 0 bridgehead atoms. The molecule has 1 N–H and O–H groups in total. The number of nitrogens with one attached hydrogen (secondary N) is 1. The summed E-state index contributed by atoms with van der Waals surface area (Å²) in [4.78, 5) is 19.8. The zero-order valence-electron chi connectivity index (χ0n) is 17.1. The molecule has 29 heavy (non-hydrogen) atoms. The zero-order valence-corrected chi connectivity index (χ0v) is 17.1. The molecule has 0 spiro atoms. The van der Waals surface area contributed by atoms with E-state index >= 15 is 0 Å². The predicted molar refractivity (Wildman–Crippen MR) is 113 cm³/mol. The van der Waals surface area contributed by atoms with Crippen molar-refractivity contribution in [2.75, 3.05) is 26.7 Å². The third-order valence-corrected chi connectivity index (χ3v) is 5.72. The first-order valence-electron chi connectivity index (χ1n) is 10.3. The minimum atomic E-state index is -0.136. The highest BCUT2D eigenvalue weighted by molar-refractivity contribution is 5.92. The molecule has 6 heteroatoms. The Morgan fingerprint density at radius 2 is 1.90 bits per heavy atom. The maximum atomic E-state index is 12.8. The van der Waals surface area contributed by atoms with Crippen LogP contribution in [0.2, 0.25) is 0 Å². The van der Waals surface area contributed by atoms with Crippen LogP contribution in [-0.2, 0) is 0 Å². The van der Waals surface area contributed by atoms with Gasteiger partial charge in [0.25, 0.3) is 5.91 Å². The number of hydrogen-bond donors (Lipinski definition) is 1. The monoisotopic (exact) mass is 392 g/mol. The van der Waals surface area contributed by atoms with Crippen LogP contribution in [0.4, 0.5) is 0 Å². The van der Waals surface area contributed by atoms with Crippen molar-refractivity contribution in [2.45, 2.75) is 32.2 Å². The van der Waals surface area contributed by atoms with Gasteiger partial charge in [-0.15, -0.1) is 0 Å². The number of fused-ring (bicyclic) bond motifs is 1. The first kappa shape index (κ1) is 19.5. The number of likely N-dealkylation sites (tertiary alicyclic amines) is 1. The maximum absolute atomic E-state index is 12.8. The molecule has 1 unspecified atom stereocenters. The molecule has 1 amide bonds. The third-order valence-electron chi connectivity index (χ3n) is 5.72. The van der Waals surface area contributed by atoms with E-state index in [1.165, 1.54) is 24.8 Å². The Hall–Kier alpha value is -2.86. The number of nitrogens with zero attached hydrogens (tertiary/aromatic N) is 3. The largest absolute Gasteiger partial charge is 0.497 e. The van der Waals surface area contributed by atoms with E-state index < -0.39 is 0 Å². The number of benzene rings is 1. The van der Waals surface area contributed by atoms with Crippen LogP contribution in [0.15, 0.2) is 48.7 Å². The standard InChI is InChI=1S/C23H28N4O2/c1-17-7-6-8-22-25-20(16-27(17)22)23(28)24-15-21(26-13-4-3-5-14-26)18-9-11-19(29-2)12-10-18/h6-12,16,21H,3-5,13-15H2,1-2H3,(H,24,28). The number of ether oxygens (including phenoxy) is 1. The van der Waals surface area contributed by atoms with Crippen molar-refractivity contribution in [3.8, 4) is 5.75 Å². The molecule has 1 aromatic carbocycles. The van der Waals surface area contributed by atoms with Gasteiger partial charge in [-0.25, -0.2) is 4.98 Å². The molecule has 3 heterocycles. The zero-order chi connectivity index (χ0) is 20.2. The number of aromatic nitrogens is 2. The van der Waals surface area contributed by atoms with Crippen LogP contribution in [0.5, 0.6) is 5.75 Å². The SMILES string of the molecule is COc1ccc(C(CNC(=O)c2cn3c(C)cccc3n2)N2CCCCC2)cc1. The first-order chi connectivity index (χ1) is 14.2. The van der Waals surface area contributed by atoms with Gasteiger partial charge in [-0.2, -0.15) is 0 Å². The van der Waals surface area contributed by atoms with Gasteiger partial charge in [-0.3, -0.25) is 9.69 Å². The summed E-state index contributed by atoms with van der Waals surface area (Å²) in [6.45, 7) is 4.67. The van der Waals surface area contributed by atoms with Crippen molar-refractivity contribution in [1.29, 1.82) is 0 Å². The summed E-state index contributed by atoms with van der Waals surface area (Å²) >= 11 is 0. The van der Waals surface area contributed by atoms with E-state index in [0.29, 0.717) is 12.2 Å². The molecule has 2 aromatic heterocycles.